The zero-order chi connectivity index (χ0) is 15.3. The van der Waals surface area contributed by atoms with Crippen molar-refractivity contribution in [1.82, 2.24) is 0 Å². The highest BCUT2D eigenvalue weighted by Crippen LogP contribution is 2.27. The molecular weight excluding hydrogens is 272 g/mol. The smallest absolute Gasteiger partial charge is 0.187 e. The minimum absolute atomic E-state index is 0.250. The van der Waals surface area contributed by atoms with Crippen LogP contribution in [0.25, 0.3) is 0 Å². The molecule has 1 rings (SSSR count). The van der Waals surface area contributed by atoms with Crippen LogP contribution in [0.2, 0.25) is 0 Å². The Morgan fingerprint density at radius 1 is 1.20 bits per heavy atom. The van der Waals surface area contributed by atoms with Gasteiger partial charge in [-0.15, -0.1) is 0 Å². The van der Waals surface area contributed by atoms with Crippen molar-refractivity contribution in [3.8, 4) is 0 Å². The molecule has 8 heteroatoms. The van der Waals surface area contributed by atoms with Crippen LogP contribution >= 0.6 is 0 Å². The van der Waals surface area contributed by atoms with Crippen molar-refractivity contribution in [3.63, 3.8) is 0 Å². The molecule has 0 radical (unpaired) electrons. The molecule has 20 heavy (non-hydrogen) atoms. The van der Waals surface area contributed by atoms with E-state index < -0.39 is 37.3 Å². The maximum absolute atomic E-state index is 10.9. The van der Waals surface area contributed by atoms with Crippen LogP contribution in [-0.2, 0) is 23.8 Å². The normalized spacial score (nSPS) is 31.2. The van der Waals surface area contributed by atoms with Crippen LogP contribution in [0, 0.1) is 0 Å². The summed E-state index contributed by atoms with van der Waals surface area (Å²) in [6, 6.07) is 0. The van der Waals surface area contributed by atoms with Gasteiger partial charge in [0.2, 0.25) is 0 Å². The molecule has 0 aromatic heterocycles. The molecule has 0 unspecified atom stereocenters. The largest absolute Gasteiger partial charge is 0.394 e. The third-order valence-electron chi connectivity index (χ3n) is 2.73. The molecule has 8 nitrogen and oxygen atoms in total. The highest BCUT2D eigenvalue weighted by atomic mass is 16.7. The third kappa shape index (κ3) is 4.58. The summed E-state index contributed by atoms with van der Waals surface area (Å²) in [5.74, 6) is -0.506. The first-order valence-electron chi connectivity index (χ1n) is 6.21. The Labute approximate surface area is 116 Å². The molecule has 5 atom stereocenters. The molecule has 1 aliphatic heterocycles. The minimum Gasteiger partial charge on any atom is -0.394 e. The number of hydrogen-bond donors (Lipinski definition) is 3. The van der Waals surface area contributed by atoms with Gasteiger partial charge in [-0.1, -0.05) is 0 Å². The lowest BCUT2D eigenvalue weighted by Crippen LogP contribution is -2.42. The lowest BCUT2D eigenvalue weighted by atomic mass is 10.1. The zero-order valence-corrected chi connectivity index (χ0v) is 11.4. The molecular formula is C12H20O8. The van der Waals surface area contributed by atoms with E-state index in [1.807, 2.05) is 0 Å². The van der Waals surface area contributed by atoms with Gasteiger partial charge in [-0.3, -0.25) is 9.59 Å². The average molecular weight is 292 g/mol. The second-order valence-electron chi connectivity index (χ2n) is 4.70. The Hall–Kier alpha value is -0.900. The lowest BCUT2D eigenvalue weighted by Gasteiger charge is -2.20. The summed E-state index contributed by atoms with van der Waals surface area (Å²) in [7, 11) is 0. The Bertz CT molecular complexity index is 344. The summed E-state index contributed by atoms with van der Waals surface area (Å²) < 4.78 is 15.6. The highest BCUT2D eigenvalue weighted by molar-refractivity contribution is 5.77. The first kappa shape index (κ1) is 17.2. The first-order chi connectivity index (χ1) is 9.36. The maximum atomic E-state index is 10.9. The standard InChI is InChI=1S/C12H20O8/c1-6(14)4-18-11-9(17)10(8(16)3-13)20-12(11)19-5-7(2)15/h8-13,16-17H,3-5H2,1-2H3/t8-,9+,10-,11-,12+/m1/s1. The molecule has 1 heterocycles. The van der Waals surface area contributed by atoms with Crippen LogP contribution in [0.3, 0.4) is 0 Å². The minimum atomic E-state index is -1.32. The van der Waals surface area contributed by atoms with E-state index in [4.69, 9.17) is 19.3 Å². The molecule has 0 bridgehead atoms. The molecule has 116 valence electrons. The van der Waals surface area contributed by atoms with Gasteiger partial charge in [0.25, 0.3) is 0 Å². The van der Waals surface area contributed by atoms with Crippen molar-refractivity contribution in [1.29, 1.82) is 0 Å². The van der Waals surface area contributed by atoms with Gasteiger partial charge in [0, 0.05) is 0 Å². The van der Waals surface area contributed by atoms with E-state index in [0.29, 0.717) is 0 Å². The van der Waals surface area contributed by atoms with Gasteiger partial charge in [0.1, 0.15) is 37.6 Å². The monoisotopic (exact) mass is 292 g/mol. The number of ether oxygens (including phenoxy) is 3. The fourth-order valence-electron chi connectivity index (χ4n) is 1.81. The van der Waals surface area contributed by atoms with Crippen LogP contribution in [0.1, 0.15) is 13.8 Å². The van der Waals surface area contributed by atoms with E-state index in [9.17, 15) is 19.8 Å². The zero-order valence-electron chi connectivity index (χ0n) is 11.4. The predicted octanol–water partition coefficient (Wildman–Crippen LogP) is -1.99. The summed E-state index contributed by atoms with van der Waals surface area (Å²) in [6.07, 6.45) is -5.84. The van der Waals surface area contributed by atoms with Crippen LogP contribution in [0.15, 0.2) is 0 Å². The van der Waals surface area contributed by atoms with E-state index in [0.717, 1.165) is 0 Å². The summed E-state index contributed by atoms with van der Waals surface area (Å²) in [4.78, 5) is 21.8. The first-order valence-corrected chi connectivity index (χ1v) is 6.21. The number of hydrogen-bond acceptors (Lipinski definition) is 8. The van der Waals surface area contributed by atoms with Crippen molar-refractivity contribution >= 4 is 11.6 Å². The molecule has 1 fully saturated rings. The predicted molar refractivity (Wildman–Crippen MR) is 64.8 cm³/mol. The van der Waals surface area contributed by atoms with Gasteiger partial charge >= 0.3 is 0 Å². The van der Waals surface area contributed by atoms with E-state index in [2.05, 4.69) is 0 Å². The van der Waals surface area contributed by atoms with Gasteiger partial charge in [0.05, 0.1) is 6.61 Å². The quantitative estimate of drug-likeness (QED) is 0.470. The number of carbonyl (C=O) groups is 2. The SMILES string of the molecule is CC(=O)CO[C@H]1O[C@H]([C@H](O)CO)[C@H](O)[C@H]1OCC(C)=O. The van der Waals surface area contributed by atoms with E-state index in [-0.39, 0.29) is 24.8 Å². The number of aliphatic hydroxyl groups is 3. The molecule has 0 saturated carbocycles. The van der Waals surface area contributed by atoms with Gasteiger partial charge in [0.15, 0.2) is 17.9 Å². The fourth-order valence-corrected chi connectivity index (χ4v) is 1.81. The number of Topliss-reactive ketones (excluding diaryl/α,β-unsaturated/α-hetero) is 2. The van der Waals surface area contributed by atoms with E-state index in [1.165, 1.54) is 13.8 Å². The highest BCUT2D eigenvalue weighted by Gasteiger charge is 2.48. The van der Waals surface area contributed by atoms with Crippen molar-refractivity contribution in [2.24, 2.45) is 0 Å². The van der Waals surface area contributed by atoms with Crippen molar-refractivity contribution < 1.29 is 39.1 Å². The summed E-state index contributed by atoms with van der Waals surface area (Å²) >= 11 is 0. The molecule has 0 spiro atoms. The Balaban J connectivity index is 2.71. The van der Waals surface area contributed by atoms with E-state index >= 15 is 0 Å². The molecule has 0 aliphatic carbocycles. The number of ketones is 2. The van der Waals surface area contributed by atoms with Crippen LogP contribution in [0.4, 0.5) is 0 Å². The maximum Gasteiger partial charge on any atom is 0.187 e. The Morgan fingerprint density at radius 2 is 1.75 bits per heavy atom. The third-order valence-corrected chi connectivity index (χ3v) is 2.73. The summed E-state index contributed by atoms with van der Waals surface area (Å²) in [6.45, 7) is 1.51. The number of rotatable bonds is 8. The van der Waals surface area contributed by atoms with Crippen molar-refractivity contribution in [2.45, 2.75) is 44.6 Å². The van der Waals surface area contributed by atoms with Gasteiger partial charge in [-0.25, -0.2) is 0 Å². The molecule has 0 amide bonds. The van der Waals surface area contributed by atoms with Gasteiger partial charge in [-0.2, -0.15) is 0 Å². The topological polar surface area (TPSA) is 123 Å². The molecule has 1 aliphatic rings. The Kier molecular flexibility index (Phi) is 6.66. The van der Waals surface area contributed by atoms with Crippen LogP contribution in [-0.4, -0.2) is 77.4 Å². The fraction of sp³-hybridized carbons (Fsp3) is 0.833. The number of carbonyl (C=O) groups excluding carboxylic acids is 2. The summed E-state index contributed by atoms with van der Waals surface area (Å²) in [5.41, 5.74) is 0. The van der Waals surface area contributed by atoms with Crippen LogP contribution in [0.5, 0.6) is 0 Å². The van der Waals surface area contributed by atoms with Gasteiger partial charge in [-0.05, 0) is 13.8 Å². The molecule has 0 aromatic carbocycles. The van der Waals surface area contributed by atoms with Crippen molar-refractivity contribution in [2.75, 3.05) is 19.8 Å². The number of aliphatic hydroxyl groups excluding tert-OH is 3. The Morgan fingerprint density at radius 3 is 2.25 bits per heavy atom. The lowest BCUT2D eigenvalue weighted by molar-refractivity contribution is -0.189. The summed E-state index contributed by atoms with van der Waals surface area (Å²) in [5, 5.41) is 28.4. The molecule has 3 N–H and O–H groups in total. The second kappa shape index (κ2) is 7.77. The van der Waals surface area contributed by atoms with Crippen LogP contribution < -0.4 is 0 Å². The molecule has 0 aromatic rings. The second-order valence-corrected chi connectivity index (χ2v) is 4.70. The van der Waals surface area contributed by atoms with E-state index in [1.54, 1.807) is 0 Å². The average Bonchev–Trinajstić information content (AvgIpc) is 2.69. The van der Waals surface area contributed by atoms with Gasteiger partial charge < -0.3 is 29.5 Å². The molecule has 1 saturated heterocycles. The van der Waals surface area contributed by atoms with Crippen molar-refractivity contribution in [3.05, 3.63) is 0 Å².